The van der Waals surface area contributed by atoms with Crippen molar-refractivity contribution in [3.05, 3.63) is 82.6 Å². The van der Waals surface area contributed by atoms with E-state index < -0.39 is 5.97 Å². The zero-order chi connectivity index (χ0) is 20.1. The number of hydrogen-bond acceptors (Lipinski definition) is 6. The minimum Gasteiger partial charge on any atom is -0.311 e. The normalized spacial score (nSPS) is 13.9. The van der Waals surface area contributed by atoms with Crippen LogP contribution in [0.3, 0.4) is 0 Å². The SMILES string of the molecule is O=C(/C(CC1CC1)=N/OC(=O)c1cccs1)c1ccc(Sc2ccccc2)cc1. The Balaban J connectivity index is 1.46. The molecule has 1 heterocycles. The highest BCUT2D eigenvalue weighted by Crippen LogP contribution is 2.33. The van der Waals surface area contributed by atoms with Gasteiger partial charge in [0.25, 0.3) is 0 Å². The standard InChI is InChI=1S/C23H19NO3S2/c25-22(17-10-12-19(13-11-17)29-18-5-2-1-3-6-18)20(15-16-8-9-16)24-27-23(26)21-7-4-14-28-21/h1-7,10-14,16H,8-9,15H2/b24-20+. The van der Waals surface area contributed by atoms with Crippen LogP contribution < -0.4 is 0 Å². The van der Waals surface area contributed by atoms with Gasteiger partial charge in [0.2, 0.25) is 5.78 Å². The summed E-state index contributed by atoms with van der Waals surface area (Å²) < 4.78 is 0. The quantitative estimate of drug-likeness (QED) is 0.191. The smallest absolute Gasteiger partial charge is 0.311 e. The van der Waals surface area contributed by atoms with Gasteiger partial charge in [-0.2, -0.15) is 0 Å². The van der Waals surface area contributed by atoms with Gasteiger partial charge in [0.1, 0.15) is 10.6 Å². The first-order chi connectivity index (χ1) is 14.2. The van der Waals surface area contributed by atoms with Crippen molar-refractivity contribution < 1.29 is 14.4 Å². The van der Waals surface area contributed by atoms with E-state index in [-0.39, 0.29) is 5.78 Å². The maximum atomic E-state index is 13.0. The summed E-state index contributed by atoms with van der Waals surface area (Å²) in [5.74, 6) is -0.270. The van der Waals surface area contributed by atoms with Crippen LogP contribution in [0.25, 0.3) is 0 Å². The number of carbonyl (C=O) groups excluding carboxylic acids is 2. The fraction of sp³-hybridized carbons (Fsp3) is 0.174. The van der Waals surface area contributed by atoms with Crippen LogP contribution in [-0.2, 0) is 4.84 Å². The monoisotopic (exact) mass is 421 g/mol. The van der Waals surface area contributed by atoms with E-state index >= 15 is 0 Å². The van der Waals surface area contributed by atoms with Gasteiger partial charge in [-0.1, -0.05) is 41.2 Å². The summed E-state index contributed by atoms with van der Waals surface area (Å²) >= 11 is 2.92. The molecule has 1 aliphatic carbocycles. The molecule has 1 saturated carbocycles. The molecule has 4 nitrogen and oxygen atoms in total. The summed E-state index contributed by atoms with van der Waals surface area (Å²) in [6.45, 7) is 0. The Labute approximate surface area is 177 Å². The molecule has 0 bridgehead atoms. The van der Waals surface area contributed by atoms with Gasteiger partial charge in [0.15, 0.2) is 0 Å². The van der Waals surface area contributed by atoms with Crippen LogP contribution in [0.4, 0.5) is 0 Å². The number of benzene rings is 2. The van der Waals surface area contributed by atoms with E-state index in [1.807, 2.05) is 42.5 Å². The number of rotatable bonds is 8. The Kier molecular flexibility index (Phi) is 6.22. The fourth-order valence-electron chi connectivity index (χ4n) is 2.77. The highest BCUT2D eigenvalue weighted by molar-refractivity contribution is 7.99. The third kappa shape index (κ3) is 5.43. The summed E-state index contributed by atoms with van der Waals surface area (Å²) in [4.78, 5) is 32.7. The molecule has 3 aromatic rings. The zero-order valence-corrected chi connectivity index (χ0v) is 17.2. The van der Waals surface area contributed by atoms with Crippen LogP contribution in [0, 0.1) is 5.92 Å². The molecule has 0 unspecified atom stereocenters. The van der Waals surface area contributed by atoms with E-state index in [2.05, 4.69) is 5.16 Å². The Morgan fingerprint density at radius 2 is 1.69 bits per heavy atom. The van der Waals surface area contributed by atoms with E-state index in [1.54, 1.807) is 41.4 Å². The number of Topliss-reactive ketones (excluding diaryl/α,β-unsaturated/α-hetero) is 1. The molecule has 0 radical (unpaired) electrons. The lowest BCUT2D eigenvalue weighted by Crippen LogP contribution is -2.16. The van der Waals surface area contributed by atoms with Gasteiger partial charge in [0.05, 0.1) is 0 Å². The second-order valence-electron chi connectivity index (χ2n) is 6.81. The van der Waals surface area contributed by atoms with E-state index in [0.717, 1.165) is 22.6 Å². The van der Waals surface area contributed by atoms with Crippen molar-refractivity contribution in [2.24, 2.45) is 11.1 Å². The topological polar surface area (TPSA) is 55.7 Å². The van der Waals surface area contributed by atoms with Gasteiger partial charge < -0.3 is 4.84 Å². The number of oxime groups is 1. The van der Waals surface area contributed by atoms with Crippen LogP contribution >= 0.6 is 23.1 Å². The maximum absolute atomic E-state index is 13.0. The Hall–Kier alpha value is -2.70. The Morgan fingerprint density at radius 3 is 2.34 bits per heavy atom. The van der Waals surface area contributed by atoms with Crippen LogP contribution in [0.5, 0.6) is 0 Å². The largest absolute Gasteiger partial charge is 0.375 e. The number of nitrogens with zero attached hydrogens (tertiary/aromatic N) is 1. The first kappa shape index (κ1) is 19.6. The molecule has 0 saturated heterocycles. The lowest BCUT2D eigenvalue weighted by molar-refractivity contribution is 0.0520. The van der Waals surface area contributed by atoms with Crippen LogP contribution in [0.1, 0.15) is 39.3 Å². The molecule has 0 aliphatic heterocycles. The summed E-state index contributed by atoms with van der Waals surface area (Å²) in [5.41, 5.74) is 0.856. The van der Waals surface area contributed by atoms with Crippen molar-refractivity contribution >= 4 is 40.6 Å². The number of carbonyl (C=O) groups is 2. The highest BCUT2D eigenvalue weighted by Gasteiger charge is 2.27. The molecule has 6 heteroatoms. The van der Waals surface area contributed by atoms with Gasteiger partial charge in [-0.15, -0.1) is 11.3 Å². The summed E-state index contributed by atoms with van der Waals surface area (Å²) in [5, 5.41) is 5.74. The molecular formula is C23H19NO3S2. The van der Waals surface area contributed by atoms with Gasteiger partial charge >= 0.3 is 5.97 Å². The first-order valence-electron chi connectivity index (χ1n) is 9.38. The molecule has 1 aromatic heterocycles. The van der Waals surface area contributed by atoms with Crippen molar-refractivity contribution in [1.82, 2.24) is 0 Å². The molecule has 29 heavy (non-hydrogen) atoms. The molecule has 1 aliphatic rings. The average molecular weight is 422 g/mol. The summed E-state index contributed by atoms with van der Waals surface area (Å²) in [7, 11) is 0. The van der Waals surface area contributed by atoms with Crippen molar-refractivity contribution in [2.75, 3.05) is 0 Å². The third-order valence-electron chi connectivity index (χ3n) is 4.50. The van der Waals surface area contributed by atoms with Crippen molar-refractivity contribution in [3.8, 4) is 0 Å². The minimum atomic E-state index is -0.532. The van der Waals surface area contributed by atoms with E-state index in [0.29, 0.717) is 28.5 Å². The summed E-state index contributed by atoms with van der Waals surface area (Å²) in [6.07, 6.45) is 2.70. The zero-order valence-electron chi connectivity index (χ0n) is 15.6. The molecule has 0 N–H and O–H groups in total. The predicted octanol–water partition coefficient (Wildman–Crippen LogP) is 6.10. The third-order valence-corrected chi connectivity index (χ3v) is 6.36. The summed E-state index contributed by atoms with van der Waals surface area (Å²) in [6, 6.07) is 21.0. The second-order valence-corrected chi connectivity index (χ2v) is 8.90. The molecular weight excluding hydrogens is 402 g/mol. The van der Waals surface area contributed by atoms with E-state index in [1.165, 1.54) is 11.3 Å². The Bertz CT molecular complexity index is 1010. The van der Waals surface area contributed by atoms with Gasteiger partial charge in [-0.25, -0.2) is 4.79 Å². The maximum Gasteiger partial charge on any atom is 0.375 e. The Morgan fingerprint density at radius 1 is 0.966 bits per heavy atom. The van der Waals surface area contributed by atoms with Crippen molar-refractivity contribution in [3.63, 3.8) is 0 Å². The second kappa shape index (κ2) is 9.20. The number of hydrogen-bond donors (Lipinski definition) is 0. The fourth-order valence-corrected chi connectivity index (χ4v) is 4.20. The van der Waals surface area contributed by atoms with Crippen molar-refractivity contribution in [2.45, 2.75) is 29.1 Å². The van der Waals surface area contributed by atoms with Crippen molar-refractivity contribution in [1.29, 1.82) is 0 Å². The number of ketones is 1. The molecule has 0 amide bonds. The van der Waals surface area contributed by atoms with Crippen LogP contribution in [0.2, 0.25) is 0 Å². The lowest BCUT2D eigenvalue weighted by atomic mass is 10.0. The van der Waals surface area contributed by atoms with Crippen LogP contribution in [0.15, 0.2) is 87.1 Å². The first-order valence-corrected chi connectivity index (χ1v) is 11.1. The molecule has 1 fully saturated rings. The van der Waals surface area contributed by atoms with E-state index in [4.69, 9.17) is 4.84 Å². The lowest BCUT2D eigenvalue weighted by Gasteiger charge is -2.06. The van der Waals surface area contributed by atoms with E-state index in [9.17, 15) is 9.59 Å². The van der Waals surface area contributed by atoms with Gasteiger partial charge in [-0.05, 0) is 73.0 Å². The molecule has 146 valence electrons. The number of thiophene rings is 1. The van der Waals surface area contributed by atoms with Gasteiger partial charge in [0, 0.05) is 15.4 Å². The minimum absolute atomic E-state index is 0.188. The molecule has 4 rings (SSSR count). The molecule has 2 aromatic carbocycles. The molecule has 0 spiro atoms. The van der Waals surface area contributed by atoms with Gasteiger partial charge in [-0.3, -0.25) is 4.79 Å². The van der Waals surface area contributed by atoms with Crippen LogP contribution in [-0.4, -0.2) is 17.5 Å². The average Bonchev–Trinajstić information content (AvgIpc) is 3.40. The predicted molar refractivity (Wildman–Crippen MR) is 116 cm³/mol. The molecule has 0 atom stereocenters. The highest BCUT2D eigenvalue weighted by atomic mass is 32.2.